The van der Waals surface area contributed by atoms with Crippen LogP contribution in [0.3, 0.4) is 0 Å². The molecule has 0 saturated carbocycles. The smallest absolute Gasteiger partial charge is 0.242 e. The fraction of sp³-hybridized carbons (Fsp3) is 0.462. The highest BCUT2D eigenvalue weighted by atomic mass is 127. The summed E-state index contributed by atoms with van der Waals surface area (Å²) in [7, 11) is 0. The molecule has 17 heavy (non-hydrogen) atoms. The van der Waals surface area contributed by atoms with E-state index in [1.807, 2.05) is 31.2 Å². The third kappa shape index (κ3) is 5.39. The summed E-state index contributed by atoms with van der Waals surface area (Å²) in [6, 6.07) is 7.79. The van der Waals surface area contributed by atoms with Gasteiger partial charge in [-0.15, -0.1) is 0 Å². The van der Waals surface area contributed by atoms with Crippen molar-refractivity contribution in [3.05, 3.63) is 27.8 Å². The Morgan fingerprint density at radius 2 is 2.24 bits per heavy atom. The number of benzene rings is 1. The zero-order chi connectivity index (χ0) is 12.7. The highest BCUT2D eigenvalue weighted by Gasteiger charge is 2.11. The molecule has 0 spiro atoms. The molecule has 0 aliphatic carbocycles. The predicted octanol–water partition coefficient (Wildman–Crippen LogP) is 3.01. The van der Waals surface area contributed by atoms with Crippen LogP contribution in [0, 0.1) is 3.57 Å². The van der Waals surface area contributed by atoms with Crippen LogP contribution in [0.15, 0.2) is 24.3 Å². The van der Waals surface area contributed by atoms with E-state index in [0.717, 1.165) is 28.6 Å². The molecule has 0 fully saturated rings. The van der Waals surface area contributed by atoms with Crippen molar-refractivity contribution in [3.63, 3.8) is 0 Å². The molecule has 1 unspecified atom stereocenters. The lowest BCUT2D eigenvalue weighted by atomic mass is 10.2. The summed E-state index contributed by atoms with van der Waals surface area (Å²) < 4.78 is 1.16. The minimum atomic E-state index is -0.204. The largest absolute Gasteiger partial charge is 0.374 e. The molecule has 0 bridgehead atoms. The van der Waals surface area contributed by atoms with Crippen LogP contribution in [0.2, 0.25) is 0 Å². The van der Waals surface area contributed by atoms with Gasteiger partial charge >= 0.3 is 0 Å². The molecule has 0 aliphatic rings. The maximum atomic E-state index is 11.7. The first-order valence-corrected chi connectivity index (χ1v) is 7.01. The van der Waals surface area contributed by atoms with E-state index >= 15 is 0 Å². The number of carbonyl (C=O) groups excluding carboxylic acids is 1. The zero-order valence-corrected chi connectivity index (χ0v) is 12.5. The van der Waals surface area contributed by atoms with E-state index in [9.17, 15) is 4.79 Å². The van der Waals surface area contributed by atoms with Gasteiger partial charge in [-0.2, -0.15) is 0 Å². The van der Waals surface area contributed by atoms with Crippen molar-refractivity contribution in [1.29, 1.82) is 0 Å². The van der Waals surface area contributed by atoms with Crippen molar-refractivity contribution in [1.82, 2.24) is 5.32 Å². The van der Waals surface area contributed by atoms with Gasteiger partial charge in [0.2, 0.25) is 5.91 Å². The Bertz CT molecular complexity index is 368. The normalized spacial score (nSPS) is 11.9. The van der Waals surface area contributed by atoms with E-state index in [1.165, 1.54) is 0 Å². The van der Waals surface area contributed by atoms with Gasteiger partial charge in [-0.25, -0.2) is 0 Å². The Kier molecular flexibility index (Phi) is 6.32. The van der Waals surface area contributed by atoms with E-state index in [2.05, 4.69) is 40.1 Å². The number of anilines is 1. The van der Waals surface area contributed by atoms with Gasteiger partial charge in [-0.05, 0) is 54.1 Å². The molecule has 3 nitrogen and oxygen atoms in total. The van der Waals surface area contributed by atoms with Crippen LogP contribution in [-0.2, 0) is 4.79 Å². The first-order valence-electron chi connectivity index (χ1n) is 5.93. The predicted molar refractivity (Wildman–Crippen MR) is 80.2 cm³/mol. The number of halogens is 1. The molecule has 0 heterocycles. The van der Waals surface area contributed by atoms with Crippen LogP contribution in [0.5, 0.6) is 0 Å². The van der Waals surface area contributed by atoms with Gasteiger partial charge in [0.15, 0.2) is 0 Å². The number of unbranched alkanes of at least 4 members (excludes halogenated alkanes) is 1. The van der Waals surface area contributed by atoms with Crippen LogP contribution in [-0.4, -0.2) is 18.5 Å². The molecular formula is C13H19IN2O. The Morgan fingerprint density at radius 1 is 1.47 bits per heavy atom. The number of rotatable bonds is 6. The molecule has 0 aromatic heterocycles. The van der Waals surface area contributed by atoms with Crippen molar-refractivity contribution in [3.8, 4) is 0 Å². The third-order valence-corrected chi connectivity index (χ3v) is 3.10. The molecular weight excluding hydrogens is 327 g/mol. The average molecular weight is 346 g/mol. The summed E-state index contributed by atoms with van der Waals surface area (Å²) in [5, 5.41) is 6.11. The summed E-state index contributed by atoms with van der Waals surface area (Å²) in [5.41, 5.74) is 0.982. The molecule has 1 rings (SSSR count). The fourth-order valence-electron chi connectivity index (χ4n) is 1.44. The van der Waals surface area contributed by atoms with Crippen LogP contribution >= 0.6 is 22.6 Å². The Hall–Kier alpha value is -0.780. The van der Waals surface area contributed by atoms with Gasteiger partial charge in [-0.1, -0.05) is 19.4 Å². The van der Waals surface area contributed by atoms with Gasteiger partial charge in [0.25, 0.3) is 0 Å². The lowest BCUT2D eigenvalue weighted by Gasteiger charge is -2.15. The molecule has 4 heteroatoms. The summed E-state index contributed by atoms with van der Waals surface area (Å²) in [6.07, 6.45) is 2.13. The summed E-state index contributed by atoms with van der Waals surface area (Å²) in [6.45, 7) is 4.74. The van der Waals surface area contributed by atoms with Crippen LogP contribution in [0.25, 0.3) is 0 Å². The van der Waals surface area contributed by atoms with Crippen molar-refractivity contribution in [2.45, 2.75) is 32.7 Å². The molecule has 1 aromatic rings. The van der Waals surface area contributed by atoms with Gasteiger partial charge in [-0.3, -0.25) is 4.79 Å². The van der Waals surface area contributed by atoms with E-state index in [-0.39, 0.29) is 11.9 Å². The maximum absolute atomic E-state index is 11.7. The molecule has 0 aliphatic heterocycles. The minimum absolute atomic E-state index is 0.0531. The first-order chi connectivity index (χ1) is 8.13. The first kappa shape index (κ1) is 14.3. The second kappa shape index (κ2) is 7.53. The quantitative estimate of drug-likeness (QED) is 0.614. The Balaban J connectivity index is 2.43. The number of carbonyl (C=O) groups is 1. The molecule has 94 valence electrons. The lowest BCUT2D eigenvalue weighted by molar-refractivity contribution is -0.121. The molecule has 2 N–H and O–H groups in total. The Morgan fingerprint density at radius 3 is 2.88 bits per heavy atom. The highest BCUT2D eigenvalue weighted by molar-refractivity contribution is 14.1. The van der Waals surface area contributed by atoms with E-state index < -0.39 is 0 Å². The van der Waals surface area contributed by atoms with Crippen LogP contribution < -0.4 is 10.6 Å². The standard InChI is InChI=1S/C13H19IN2O/c1-3-4-8-15-13(17)10(2)16-12-7-5-6-11(14)9-12/h5-7,9-10,16H,3-4,8H2,1-2H3,(H,15,17). The van der Waals surface area contributed by atoms with E-state index in [0.29, 0.717) is 0 Å². The highest BCUT2D eigenvalue weighted by Crippen LogP contribution is 2.13. The number of hydrogen-bond acceptors (Lipinski definition) is 2. The van der Waals surface area contributed by atoms with Gasteiger partial charge in [0.1, 0.15) is 6.04 Å². The van der Waals surface area contributed by atoms with Gasteiger partial charge in [0, 0.05) is 15.8 Å². The molecule has 1 amide bonds. The SMILES string of the molecule is CCCCNC(=O)C(C)Nc1cccc(I)c1. The Labute approximate surface area is 117 Å². The minimum Gasteiger partial charge on any atom is -0.374 e. The van der Waals surface area contributed by atoms with E-state index in [1.54, 1.807) is 0 Å². The van der Waals surface area contributed by atoms with Crippen molar-refractivity contribution in [2.75, 3.05) is 11.9 Å². The lowest BCUT2D eigenvalue weighted by Crippen LogP contribution is -2.37. The number of hydrogen-bond donors (Lipinski definition) is 2. The van der Waals surface area contributed by atoms with Crippen molar-refractivity contribution in [2.24, 2.45) is 0 Å². The van der Waals surface area contributed by atoms with Gasteiger partial charge in [0.05, 0.1) is 0 Å². The van der Waals surface area contributed by atoms with Crippen molar-refractivity contribution >= 4 is 34.2 Å². The second-order valence-corrected chi connectivity index (χ2v) is 5.27. The third-order valence-electron chi connectivity index (χ3n) is 2.43. The van der Waals surface area contributed by atoms with Crippen molar-refractivity contribution < 1.29 is 4.79 Å². The number of nitrogens with one attached hydrogen (secondary N) is 2. The van der Waals surface area contributed by atoms with Crippen LogP contribution in [0.4, 0.5) is 5.69 Å². The summed E-state index contributed by atoms with van der Waals surface area (Å²) in [4.78, 5) is 11.7. The summed E-state index contributed by atoms with van der Waals surface area (Å²) in [5.74, 6) is 0.0531. The van der Waals surface area contributed by atoms with Gasteiger partial charge < -0.3 is 10.6 Å². The zero-order valence-electron chi connectivity index (χ0n) is 10.3. The second-order valence-electron chi connectivity index (χ2n) is 4.02. The topological polar surface area (TPSA) is 41.1 Å². The van der Waals surface area contributed by atoms with Crippen LogP contribution in [0.1, 0.15) is 26.7 Å². The van der Waals surface area contributed by atoms with E-state index in [4.69, 9.17) is 0 Å². The monoisotopic (exact) mass is 346 g/mol. The molecule has 1 atom stereocenters. The molecule has 0 radical (unpaired) electrons. The molecule has 1 aromatic carbocycles. The average Bonchev–Trinajstić information content (AvgIpc) is 2.29. The molecule has 0 saturated heterocycles. The number of amides is 1. The maximum Gasteiger partial charge on any atom is 0.242 e. The summed E-state index contributed by atoms with van der Waals surface area (Å²) >= 11 is 2.26. The fourth-order valence-corrected chi connectivity index (χ4v) is 1.98.